The fourth-order valence-electron chi connectivity index (χ4n) is 3.12. The van der Waals surface area contributed by atoms with Crippen LogP contribution in [0.4, 0.5) is 0 Å². The Morgan fingerprint density at radius 1 is 1.45 bits per heavy atom. The van der Waals surface area contributed by atoms with Gasteiger partial charge in [0.1, 0.15) is 23.4 Å². The van der Waals surface area contributed by atoms with Gasteiger partial charge in [0, 0.05) is 29.8 Å². The zero-order valence-corrected chi connectivity index (χ0v) is 14.3. The summed E-state index contributed by atoms with van der Waals surface area (Å²) in [7, 11) is 0.658. The molecule has 0 aromatic rings. The molecule has 0 spiro atoms. The van der Waals surface area contributed by atoms with Crippen LogP contribution in [0, 0.1) is 0 Å². The zero-order chi connectivity index (χ0) is 15.9. The number of hydrogen-bond donors (Lipinski definition) is 0. The minimum Gasteiger partial charge on any atom is -0.333 e. The zero-order valence-electron chi connectivity index (χ0n) is 13.4. The first-order chi connectivity index (χ1) is 10.6. The Morgan fingerprint density at radius 2 is 2.23 bits per heavy atom. The molecule has 0 aromatic carbocycles. The number of hydroxylamine groups is 2. The van der Waals surface area contributed by atoms with Crippen LogP contribution in [0.25, 0.3) is 0 Å². The van der Waals surface area contributed by atoms with E-state index < -0.39 is 10.8 Å². The van der Waals surface area contributed by atoms with Crippen molar-refractivity contribution < 1.29 is 9.05 Å². The fourth-order valence-corrected chi connectivity index (χ4v) is 4.19. The quantitative estimate of drug-likeness (QED) is 0.787. The van der Waals surface area contributed by atoms with Gasteiger partial charge in [-0.1, -0.05) is 6.92 Å². The van der Waals surface area contributed by atoms with E-state index in [1.807, 2.05) is 19.3 Å². The Kier molecular flexibility index (Phi) is 4.10. The van der Waals surface area contributed by atoms with Crippen molar-refractivity contribution in [3.63, 3.8) is 0 Å². The van der Waals surface area contributed by atoms with Crippen LogP contribution in [0.15, 0.2) is 40.2 Å². The predicted molar refractivity (Wildman–Crippen MR) is 87.8 cm³/mol. The number of nitrogens with zero attached hydrogens (tertiary/aromatic N) is 4. The smallest absolute Gasteiger partial charge is 0.138 e. The van der Waals surface area contributed by atoms with Crippen LogP contribution in [-0.4, -0.2) is 57.1 Å². The first-order valence-electron chi connectivity index (χ1n) is 7.42. The van der Waals surface area contributed by atoms with E-state index in [1.54, 1.807) is 18.4 Å². The Balaban J connectivity index is 2.05. The first kappa shape index (κ1) is 15.3. The number of rotatable bonds is 4. The van der Waals surface area contributed by atoms with Crippen molar-refractivity contribution in [3.8, 4) is 0 Å². The van der Waals surface area contributed by atoms with E-state index in [9.17, 15) is 4.21 Å². The first-order valence-corrected chi connectivity index (χ1v) is 9.04. The van der Waals surface area contributed by atoms with E-state index in [1.165, 1.54) is 0 Å². The van der Waals surface area contributed by atoms with Crippen LogP contribution < -0.4 is 0 Å². The van der Waals surface area contributed by atoms with Gasteiger partial charge < -0.3 is 9.80 Å². The lowest BCUT2D eigenvalue weighted by atomic mass is 10.1. The second-order valence-corrected chi connectivity index (χ2v) is 7.10. The molecule has 0 fully saturated rings. The fraction of sp³-hybridized carbons (Fsp3) is 0.533. The molecule has 2 unspecified atom stereocenters. The van der Waals surface area contributed by atoms with Gasteiger partial charge in [0.15, 0.2) is 0 Å². The molecular formula is C15H22N4O2S. The molecule has 3 rings (SSSR count). The van der Waals surface area contributed by atoms with E-state index in [-0.39, 0.29) is 5.25 Å². The van der Waals surface area contributed by atoms with Crippen LogP contribution in [-0.2, 0) is 15.6 Å². The Hall–Kier alpha value is -1.60. The van der Waals surface area contributed by atoms with Gasteiger partial charge in [0.25, 0.3) is 0 Å². The van der Waals surface area contributed by atoms with Gasteiger partial charge in [-0.05, 0) is 18.9 Å². The molecule has 0 radical (unpaired) electrons. The molecular weight excluding hydrogens is 300 g/mol. The van der Waals surface area contributed by atoms with Crippen molar-refractivity contribution >= 4 is 17.0 Å². The van der Waals surface area contributed by atoms with Crippen molar-refractivity contribution in [1.29, 1.82) is 0 Å². The molecule has 0 N–H and O–H groups in total. The predicted octanol–water partition coefficient (Wildman–Crippen LogP) is 1.59. The molecule has 0 saturated carbocycles. The van der Waals surface area contributed by atoms with Gasteiger partial charge in [-0.2, -0.15) is 0 Å². The standard InChI is InChI=1S/C15H22N4O2S/c1-5-6-17-8-11(2)14(22(4)20)13-15(17)19-10-18(21-3)9-12(19)7-16-13/h7-9,14H,5-6,10H2,1-4H3. The molecule has 0 aliphatic carbocycles. The molecule has 3 heterocycles. The Morgan fingerprint density at radius 3 is 2.86 bits per heavy atom. The number of allylic oxidation sites excluding steroid dienone is 1. The molecule has 3 aliphatic heterocycles. The third-order valence-electron chi connectivity index (χ3n) is 4.01. The summed E-state index contributed by atoms with van der Waals surface area (Å²) in [6.07, 6.45) is 8.66. The summed E-state index contributed by atoms with van der Waals surface area (Å²) < 4.78 is 12.2. The maximum atomic E-state index is 12.2. The van der Waals surface area contributed by atoms with Gasteiger partial charge in [0.2, 0.25) is 0 Å². The van der Waals surface area contributed by atoms with E-state index >= 15 is 0 Å². The monoisotopic (exact) mass is 322 g/mol. The average Bonchev–Trinajstić information content (AvgIpc) is 2.89. The second-order valence-electron chi connectivity index (χ2n) is 5.64. The third-order valence-corrected chi connectivity index (χ3v) is 5.27. The molecule has 6 nitrogen and oxygen atoms in total. The van der Waals surface area contributed by atoms with Crippen LogP contribution in [0.2, 0.25) is 0 Å². The van der Waals surface area contributed by atoms with E-state index in [0.29, 0.717) is 6.67 Å². The summed E-state index contributed by atoms with van der Waals surface area (Å²) >= 11 is 0. The van der Waals surface area contributed by atoms with Crippen molar-refractivity contribution in [3.05, 3.63) is 35.2 Å². The summed E-state index contributed by atoms with van der Waals surface area (Å²) in [6.45, 7) is 5.71. The van der Waals surface area contributed by atoms with E-state index in [4.69, 9.17) is 4.84 Å². The van der Waals surface area contributed by atoms with Crippen molar-refractivity contribution in [2.24, 2.45) is 4.99 Å². The molecule has 0 bridgehead atoms. The normalized spacial score (nSPS) is 25.1. The highest BCUT2D eigenvalue weighted by Crippen LogP contribution is 2.37. The topological polar surface area (TPSA) is 48.4 Å². The van der Waals surface area contributed by atoms with E-state index in [2.05, 4.69) is 27.9 Å². The van der Waals surface area contributed by atoms with E-state index in [0.717, 1.165) is 35.8 Å². The lowest BCUT2D eigenvalue weighted by molar-refractivity contribution is -0.0967. The van der Waals surface area contributed by atoms with Crippen molar-refractivity contribution in [1.82, 2.24) is 14.9 Å². The van der Waals surface area contributed by atoms with Gasteiger partial charge in [-0.15, -0.1) is 0 Å². The Bertz CT molecular complexity index is 623. The number of hydrogen-bond acceptors (Lipinski definition) is 6. The molecule has 0 aromatic heterocycles. The van der Waals surface area contributed by atoms with Crippen LogP contribution >= 0.6 is 0 Å². The van der Waals surface area contributed by atoms with Crippen LogP contribution in [0.3, 0.4) is 0 Å². The summed E-state index contributed by atoms with van der Waals surface area (Å²) in [6, 6.07) is 0. The molecule has 2 atom stereocenters. The van der Waals surface area contributed by atoms with Crippen molar-refractivity contribution in [2.45, 2.75) is 25.5 Å². The van der Waals surface area contributed by atoms with Crippen LogP contribution in [0.5, 0.6) is 0 Å². The highest BCUT2D eigenvalue weighted by molar-refractivity contribution is 7.85. The minimum atomic E-state index is -0.995. The van der Waals surface area contributed by atoms with Gasteiger partial charge in [0.05, 0.1) is 25.2 Å². The summed E-state index contributed by atoms with van der Waals surface area (Å²) in [4.78, 5) is 14.3. The lowest BCUT2D eigenvalue weighted by Crippen LogP contribution is -2.42. The maximum absolute atomic E-state index is 12.2. The van der Waals surface area contributed by atoms with Gasteiger partial charge >= 0.3 is 0 Å². The van der Waals surface area contributed by atoms with Gasteiger partial charge in [-0.3, -0.25) is 14.0 Å². The highest BCUT2D eigenvalue weighted by atomic mass is 32.2. The minimum absolute atomic E-state index is 0.141. The Labute approximate surface area is 133 Å². The molecule has 0 saturated heterocycles. The highest BCUT2D eigenvalue weighted by Gasteiger charge is 2.38. The lowest BCUT2D eigenvalue weighted by Gasteiger charge is -2.40. The summed E-state index contributed by atoms with van der Waals surface area (Å²) in [5.74, 6) is 1.03. The molecule has 120 valence electrons. The third kappa shape index (κ3) is 2.38. The van der Waals surface area contributed by atoms with Crippen molar-refractivity contribution in [2.75, 3.05) is 26.6 Å². The SMILES string of the molecule is CCCN1C=C(C)C(S(C)=O)C2=C1N1CN(OC)C=C1C=N2. The molecule has 3 aliphatic rings. The summed E-state index contributed by atoms with van der Waals surface area (Å²) in [5.41, 5.74) is 2.99. The maximum Gasteiger partial charge on any atom is 0.138 e. The molecule has 7 heteroatoms. The van der Waals surface area contributed by atoms with Gasteiger partial charge in [-0.25, -0.2) is 5.06 Å². The largest absolute Gasteiger partial charge is 0.333 e. The summed E-state index contributed by atoms with van der Waals surface area (Å²) in [5, 5.41) is 1.63. The molecule has 0 amide bonds. The average molecular weight is 322 g/mol. The second kappa shape index (κ2) is 5.89. The number of fused-ring (bicyclic) bond motifs is 2. The number of aliphatic imine (C=N–C) groups is 1. The van der Waals surface area contributed by atoms with Crippen LogP contribution in [0.1, 0.15) is 20.3 Å². The molecule has 22 heavy (non-hydrogen) atoms.